The van der Waals surface area contributed by atoms with Crippen molar-refractivity contribution >= 4 is 11.9 Å². The summed E-state index contributed by atoms with van der Waals surface area (Å²) in [6.07, 6.45) is 5.59. The lowest BCUT2D eigenvalue weighted by Crippen LogP contribution is -2.53. The number of carbonyl (C=O) groups is 2. The smallest absolute Gasteiger partial charge is 0.317 e. The molecule has 3 amide bonds. The summed E-state index contributed by atoms with van der Waals surface area (Å²) in [4.78, 5) is 30.7. The largest absolute Gasteiger partial charge is 0.341 e. The summed E-state index contributed by atoms with van der Waals surface area (Å²) in [7, 11) is 0. The number of carbonyl (C=O) groups excluding carboxylic acids is 2. The van der Waals surface area contributed by atoms with Crippen LogP contribution in [0.5, 0.6) is 0 Å². The van der Waals surface area contributed by atoms with E-state index in [1.54, 1.807) is 4.90 Å². The Morgan fingerprint density at radius 2 is 1.64 bits per heavy atom. The van der Waals surface area contributed by atoms with Crippen LogP contribution >= 0.6 is 0 Å². The SMILES string of the molecule is O=C(CN1CCCNC1=O)N1CCC2(CCN(Cc3ccccc3)CC2)CC1. The number of urea groups is 1. The predicted octanol–water partition coefficient (Wildman–Crippen LogP) is 2.31. The molecule has 3 saturated heterocycles. The lowest BCUT2D eigenvalue weighted by atomic mass is 9.71. The van der Waals surface area contributed by atoms with Crippen molar-refractivity contribution in [1.29, 1.82) is 0 Å². The number of benzene rings is 1. The van der Waals surface area contributed by atoms with Crippen LogP contribution in [-0.2, 0) is 11.3 Å². The summed E-state index contributed by atoms with van der Waals surface area (Å²) in [5.74, 6) is 0.105. The van der Waals surface area contributed by atoms with Crippen LogP contribution in [0.4, 0.5) is 4.79 Å². The second-order valence-corrected chi connectivity index (χ2v) is 8.65. The Bertz CT molecular complexity index is 675. The third kappa shape index (κ3) is 4.49. The molecule has 0 saturated carbocycles. The van der Waals surface area contributed by atoms with Gasteiger partial charge in [0.15, 0.2) is 0 Å². The summed E-state index contributed by atoms with van der Waals surface area (Å²) in [5, 5.41) is 2.82. The zero-order chi connectivity index (χ0) is 19.4. The number of hydrogen-bond donors (Lipinski definition) is 1. The van der Waals surface area contributed by atoms with Crippen LogP contribution in [0.2, 0.25) is 0 Å². The van der Waals surface area contributed by atoms with E-state index in [0.717, 1.165) is 58.5 Å². The molecule has 1 spiro atoms. The number of piperidine rings is 2. The predicted molar refractivity (Wildman–Crippen MR) is 109 cm³/mol. The van der Waals surface area contributed by atoms with Crippen molar-refractivity contribution in [3.8, 4) is 0 Å². The van der Waals surface area contributed by atoms with Crippen LogP contribution in [0.3, 0.4) is 0 Å². The van der Waals surface area contributed by atoms with E-state index in [4.69, 9.17) is 0 Å². The normalized spacial score (nSPS) is 22.9. The molecule has 3 aliphatic rings. The molecule has 152 valence electrons. The zero-order valence-electron chi connectivity index (χ0n) is 16.7. The number of hydrogen-bond acceptors (Lipinski definition) is 3. The third-order valence-electron chi connectivity index (χ3n) is 6.84. The molecule has 1 aromatic carbocycles. The Labute approximate surface area is 167 Å². The number of rotatable bonds is 4. The summed E-state index contributed by atoms with van der Waals surface area (Å²) in [5.41, 5.74) is 1.80. The standard InChI is InChI=1S/C22H32N4O2/c27-20(18-26-12-4-11-23-21(26)28)25-15-9-22(10-16-25)7-13-24(14-8-22)17-19-5-2-1-3-6-19/h1-3,5-6H,4,7-18H2,(H,23,28). The summed E-state index contributed by atoms with van der Waals surface area (Å²) in [6, 6.07) is 10.6. The molecule has 3 fully saturated rings. The molecule has 28 heavy (non-hydrogen) atoms. The van der Waals surface area contributed by atoms with E-state index in [-0.39, 0.29) is 18.5 Å². The van der Waals surface area contributed by atoms with E-state index in [1.807, 2.05) is 4.90 Å². The lowest BCUT2D eigenvalue weighted by molar-refractivity contribution is -0.134. The van der Waals surface area contributed by atoms with Crippen molar-refractivity contribution in [2.24, 2.45) is 5.41 Å². The average molecular weight is 385 g/mol. The lowest BCUT2D eigenvalue weighted by Gasteiger charge is -2.47. The van der Waals surface area contributed by atoms with Gasteiger partial charge >= 0.3 is 6.03 Å². The van der Waals surface area contributed by atoms with Gasteiger partial charge in [0.2, 0.25) is 5.91 Å². The van der Waals surface area contributed by atoms with E-state index in [0.29, 0.717) is 12.0 Å². The highest BCUT2D eigenvalue weighted by atomic mass is 16.2. The average Bonchev–Trinajstić information content (AvgIpc) is 2.73. The number of nitrogens with one attached hydrogen (secondary N) is 1. The van der Waals surface area contributed by atoms with Gasteiger partial charge in [-0.3, -0.25) is 9.69 Å². The summed E-state index contributed by atoms with van der Waals surface area (Å²) in [6.45, 7) is 6.65. The Morgan fingerprint density at radius 3 is 2.32 bits per heavy atom. The van der Waals surface area contributed by atoms with Crippen LogP contribution in [-0.4, -0.2) is 72.5 Å². The molecular weight excluding hydrogens is 352 g/mol. The minimum Gasteiger partial charge on any atom is -0.341 e. The van der Waals surface area contributed by atoms with Crippen LogP contribution in [0.15, 0.2) is 30.3 Å². The second kappa shape index (κ2) is 8.52. The fourth-order valence-electron chi connectivity index (χ4n) is 4.85. The first-order valence-electron chi connectivity index (χ1n) is 10.7. The maximum Gasteiger partial charge on any atom is 0.317 e. The molecule has 6 heteroatoms. The van der Waals surface area contributed by atoms with Crippen LogP contribution < -0.4 is 5.32 Å². The molecule has 4 rings (SSSR count). The van der Waals surface area contributed by atoms with Gasteiger partial charge in [-0.25, -0.2) is 4.79 Å². The third-order valence-corrected chi connectivity index (χ3v) is 6.84. The molecular formula is C22H32N4O2. The van der Waals surface area contributed by atoms with Crippen molar-refractivity contribution in [2.75, 3.05) is 45.8 Å². The molecule has 0 aromatic heterocycles. The van der Waals surface area contributed by atoms with E-state index >= 15 is 0 Å². The van der Waals surface area contributed by atoms with Gasteiger partial charge < -0.3 is 15.1 Å². The molecule has 0 unspecified atom stereocenters. The molecule has 1 aromatic rings. The number of likely N-dealkylation sites (tertiary alicyclic amines) is 2. The zero-order valence-corrected chi connectivity index (χ0v) is 16.7. The maximum absolute atomic E-state index is 12.6. The van der Waals surface area contributed by atoms with Gasteiger partial charge in [0.1, 0.15) is 6.54 Å². The Balaban J connectivity index is 1.23. The van der Waals surface area contributed by atoms with Crippen LogP contribution in [0.1, 0.15) is 37.7 Å². The summed E-state index contributed by atoms with van der Waals surface area (Å²) >= 11 is 0. The maximum atomic E-state index is 12.6. The van der Waals surface area contributed by atoms with Gasteiger partial charge in [0.25, 0.3) is 0 Å². The summed E-state index contributed by atoms with van der Waals surface area (Å²) < 4.78 is 0. The van der Waals surface area contributed by atoms with Crippen LogP contribution in [0, 0.1) is 5.41 Å². The molecule has 3 aliphatic heterocycles. The first-order valence-corrected chi connectivity index (χ1v) is 10.7. The van der Waals surface area contributed by atoms with E-state index in [9.17, 15) is 9.59 Å². The molecule has 0 atom stereocenters. The monoisotopic (exact) mass is 384 g/mol. The van der Waals surface area contributed by atoms with Gasteiger partial charge in [-0.1, -0.05) is 30.3 Å². The van der Waals surface area contributed by atoms with Crippen molar-refractivity contribution in [3.63, 3.8) is 0 Å². The minimum absolute atomic E-state index is 0.0983. The first kappa shape index (κ1) is 19.2. The molecule has 0 aliphatic carbocycles. The van der Waals surface area contributed by atoms with Gasteiger partial charge in [-0.15, -0.1) is 0 Å². The van der Waals surface area contributed by atoms with Gasteiger partial charge in [0.05, 0.1) is 0 Å². The first-order chi connectivity index (χ1) is 13.6. The number of amides is 3. The van der Waals surface area contributed by atoms with E-state index < -0.39 is 0 Å². The van der Waals surface area contributed by atoms with Gasteiger partial charge in [-0.2, -0.15) is 0 Å². The molecule has 0 radical (unpaired) electrons. The Kier molecular flexibility index (Phi) is 5.85. The molecule has 3 heterocycles. The fraction of sp³-hybridized carbons (Fsp3) is 0.636. The highest BCUT2D eigenvalue weighted by molar-refractivity contribution is 5.84. The van der Waals surface area contributed by atoms with Gasteiger partial charge in [-0.05, 0) is 56.2 Å². The van der Waals surface area contributed by atoms with Crippen molar-refractivity contribution in [3.05, 3.63) is 35.9 Å². The Hall–Kier alpha value is -2.08. The number of nitrogens with zero attached hydrogens (tertiary/aromatic N) is 3. The quantitative estimate of drug-likeness (QED) is 0.867. The van der Waals surface area contributed by atoms with E-state index in [2.05, 4.69) is 40.5 Å². The highest BCUT2D eigenvalue weighted by Crippen LogP contribution is 2.41. The van der Waals surface area contributed by atoms with Crippen molar-refractivity contribution in [1.82, 2.24) is 20.0 Å². The second-order valence-electron chi connectivity index (χ2n) is 8.65. The van der Waals surface area contributed by atoms with Gasteiger partial charge in [0, 0.05) is 32.7 Å². The van der Waals surface area contributed by atoms with E-state index in [1.165, 1.54) is 18.4 Å². The van der Waals surface area contributed by atoms with Crippen LogP contribution in [0.25, 0.3) is 0 Å². The molecule has 1 N–H and O–H groups in total. The fourth-order valence-corrected chi connectivity index (χ4v) is 4.85. The highest BCUT2D eigenvalue weighted by Gasteiger charge is 2.38. The van der Waals surface area contributed by atoms with Crippen molar-refractivity contribution < 1.29 is 9.59 Å². The Morgan fingerprint density at radius 1 is 0.964 bits per heavy atom. The molecule has 6 nitrogen and oxygen atoms in total. The minimum atomic E-state index is -0.0983. The molecule has 0 bridgehead atoms. The van der Waals surface area contributed by atoms with Crippen molar-refractivity contribution in [2.45, 2.75) is 38.6 Å². The topological polar surface area (TPSA) is 55.9 Å².